The Bertz CT molecular complexity index is 759. The zero-order valence-corrected chi connectivity index (χ0v) is 19.0. The van der Waals surface area contributed by atoms with E-state index >= 15 is 0 Å². The summed E-state index contributed by atoms with van der Waals surface area (Å²) in [5.41, 5.74) is 1.22. The summed E-state index contributed by atoms with van der Waals surface area (Å²) in [6.07, 6.45) is 2.28. The minimum atomic E-state index is 0.478. The highest BCUT2D eigenvalue weighted by Gasteiger charge is 2.19. The maximum atomic E-state index is 5.19. The molecular formula is C24H34N4OS. The molecule has 30 heavy (non-hydrogen) atoms. The minimum absolute atomic E-state index is 0.478. The summed E-state index contributed by atoms with van der Waals surface area (Å²) in [6.45, 7) is 7.71. The lowest BCUT2D eigenvalue weighted by Gasteiger charge is -2.32. The smallest absolute Gasteiger partial charge is 0.191 e. The molecule has 0 unspecified atom stereocenters. The number of guanidine groups is 1. The molecule has 0 spiro atoms. The van der Waals surface area contributed by atoms with Gasteiger partial charge >= 0.3 is 0 Å². The highest BCUT2D eigenvalue weighted by atomic mass is 32.2. The lowest BCUT2D eigenvalue weighted by molar-refractivity contribution is 0.128. The first-order chi connectivity index (χ1) is 14.8. The van der Waals surface area contributed by atoms with Gasteiger partial charge in [-0.15, -0.1) is 0 Å². The summed E-state index contributed by atoms with van der Waals surface area (Å²) in [6, 6.07) is 19.7. The molecule has 1 fully saturated rings. The van der Waals surface area contributed by atoms with Gasteiger partial charge in [0.05, 0.1) is 13.2 Å². The first-order valence-electron chi connectivity index (χ1n) is 10.8. The van der Waals surface area contributed by atoms with Gasteiger partial charge in [0.15, 0.2) is 5.96 Å². The summed E-state index contributed by atoms with van der Waals surface area (Å²) < 4.78 is 5.19. The van der Waals surface area contributed by atoms with E-state index in [0.717, 1.165) is 51.6 Å². The van der Waals surface area contributed by atoms with E-state index in [4.69, 9.17) is 9.73 Å². The Morgan fingerprint density at radius 3 is 2.43 bits per heavy atom. The second-order valence-electron chi connectivity index (χ2n) is 7.51. The number of hydrogen-bond acceptors (Lipinski definition) is 4. The van der Waals surface area contributed by atoms with Crippen LogP contribution in [0.4, 0.5) is 0 Å². The largest absolute Gasteiger partial charge is 0.383 e. The van der Waals surface area contributed by atoms with Gasteiger partial charge in [0.2, 0.25) is 0 Å². The molecule has 0 amide bonds. The van der Waals surface area contributed by atoms with E-state index in [9.17, 15) is 0 Å². The molecular weight excluding hydrogens is 392 g/mol. The van der Waals surface area contributed by atoms with Crippen LogP contribution in [-0.4, -0.2) is 56.8 Å². The second-order valence-corrected chi connectivity index (χ2v) is 8.65. The fourth-order valence-corrected chi connectivity index (χ4v) is 4.33. The quantitative estimate of drug-likeness (QED) is 0.469. The maximum Gasteiger partial charge on any atom is 0.191 e. The maximum absolute atomic E-state index is 5.19. The Labute approximate surface area is 185 Å². The second kappa shape index (κ2) is 12.6. The Hall–Kier alpha value is -2.02. The summed E-state index contributed by atoms with van der Waals surface area (Å²) in [7, 11) is 1.77. The first kappa shape index (κ1) is 22.7. The van der Waals surface area contributed by atoms with E-state index in [2.05, 4.69) is 71.0 Å². The molecule has 0 aromatic heterocycles. The minimum Gasteiger partial charge on any atom is -0.383 e. The van der Waals surface area contributed by atoms with Gasteiger partial charge in [-0.1, -0.05) is 42.1 Å². The topological polar surface area (TPSA) is 48.9 Å². The number of nitrogens with one attached hydrogen (secondary N) is 2. The molecule has 1 aliphatic heterocycles. The molecule has 1 heterocycles. The van der Waals surface area contributed by atoms with Gasteiger partial charge in [0.1, 0.15) is 0 Å². The van der Waals surface area contributed by atoms with Crippen molar-refractivity contribution in [3.8, 4) is 0 Å². The first-order valence-corrected chi connectivity index (χ1v) is 11.7. The lowest BCUT2D eigenvalue weighted by Crippen LogP contribution is -2.49. The van der Waals surface area contributed by atoms with Gasteiger partial charge in [0, 0.05) is 49.1 Å². The molecule has 0 aliphatic carbocycles. The summed E-state index contributed by atoms with van der Waals surface area (Å²) >= 11 is 1.78. The Morgan fingerprint density at radius 2 is 1.77 bits per heavy atom. The number of methoxy groups -OCH3 is 1. The van der Waals surface area contributed by atoms with Gasteiger partial charge in [-0.3, -0.25) is 0 Å². The molecule has 6 heteroatoms. The van der Waals surface area contributed by atoms with Crippen molar-refractivity contribution in [1.29, 1.82) is 0 Å². The average molecular weight is 427 g/mol. The molecule has 2 aromatic rings. The summed E-state index contributed by atoms with van der Waals surface area (Å²) in [5, 5.41) is 7.02. The summed E-state index contributed by atoms with van der Waals surface area (Å²) in [5.74, 6) is 0.913. The van der Waals surface area contributed by atoms with Crippen LogP contribution in [0.1, 0.15) is 25.3 Å². The van der Waals surface area contributed by atoms with Crippen LogP contribution in [0.15, 0.2) is 69.4 Å². The van der Waals surface area contributed by atoms with Crippen molar-refractivity contribution in [3.63, 3.8) is 0 Å². The Balaban J connectivity index is 1.49. The lowest BCUT2D eigenvalue weighted by atomic mass is 10.1. The van der Waals surface area contributed by atoms with Crippen LogP contribution < -0.4 is 10.6 Å². The monoisotopic (exact) mass is 426 g/mol. The van der Waals surface area contributed by atoms with Crippen molar-refractivity contribution in [2.45, 2.75) is 42.1 Å². The molecule has 5 nitrogen and oxygen atoms in total. The molecule has 1 aliphatic rings. The van der Waals surface area contributed by atoms with Crippen molar-refractivity contribution >= 4 is 17.7 Å². The fraction of sp³-hybridized carbons (Fsp3) is 0.458. The number of piperidine rings is 1. The van der Waals surface area contributed by atoms with Crippen molar-refractivity contribution in [2.24, 2.45) is 4.99 Å². The Morgan fingerprint density at radius 1 is 1.07 bits per heavy atom. The average Bonchev–Trinajstić information content (AvgIpc) is 2.79. The fourth-order valence-electron chi connectivity index (χ4n) is 3.49. The predicted octanol–water partition coefficient (Wildman–Crippen LogP) is 4.00. The number of ether oxygens (including phenoxy) is 1. The number of rotatable bonds is 9. The third kappa shape index (κ3) is 7.67. The number of hydrogen-bond donors (Lipinski definition) is 2. The predicted molar refractivity (Wildman–Crippen MR) is 126 cm³/mol. The van der Waals surface area contributed by atoms with E-state index in [1.807, 2.05) is 6.07 Å². The number of aliphatic imine (C=N–C) groups is 1. The molecule has 1 saturated heterocycles. The third-order valence-electron chi connectivity index (χ3n) is 5.21. The zero-order chi connectivity index (χ0) is 21.0. The zero-order valence-electron chi connectivity index (χ0n) is 18.1. The molecule has 2 aromatic carbocycles. The molecule has 0 radical (unpaired) electrons. The number of benzene rings is 2. The van der Waals surface area contributed by atoms with Crippen LogP contribution in [0.3, 0.4) is 0 Å². The van der Waals surface area contributed by atoms with Crippen molar-refractivity contribution in [1.82, 2.24) is 15.5 Å². The number of likely N-dealkylation sites (tertiary alicyclic amines) is 1. The van der Waals surface area contributed by atoms with Gasteiger partial charge in [-0.25, -0.2) is 4.99 Å². The molecule has 2 N–H and O–H groups in total. The van der Waals surface area contributed by atoms with Gasteiger partial charge in [0.25, 0.3) is 0 Å². The normalized spacial score (nSPS) is 15.9. The summed E-state index contributed by atoms with van der Waals surface area (Å²) in [4.78, 5) is 9.80. The van der Waals surface area contributed by atoms with Crippen molar-refractivity contribution < 1.29 is 4.74 Å². The van der Waals surface area contributed by atoms with Gasteiger partial charge in [-0.05, 0) is 49.6 Å². The van der Waals surface area contributed by atoms with Crippen LogP contribution in [-0.2, 0) is 11.3 Å². The van der Waals surface area contributed by atoms with Gasteiger partial charge < -0.3 is 20.3 Å². The SMILES string of the molecule is CCNC(=NCc1ccc(Sc2ccccc2)cc1)NC1CCN(CCOC)CC1. The Kier molecular flexibility index (Phi) is 9.54. The molecule has 0 saturated carbocycles. The number of nitrogens with zero attached hydrogens (tertiary/aromatic N) is 2. The van der Waals surface area contributed by atoms with E-state index in [1.165, 1.54) is 15.4 Å². The van der Waals surface area contributed by atoms with E-state index in [0.29, 0.717) is 12.6 Å². The molecule has 0 atom stereocenters. The molecule has 162 valence electrons. The van der Waals surface area contributed by atoms with E-state index in [-0.39, 0.29) is 0 Å². The molecule has 3 rings (SSSR count). The van der Waals surface area contributed by atoms with E-state index < -0.39 is 0 Å². The molecule has 0 bridgehead atoms. The van der Waals surface area contributed by atoms with Gasteiger partial charge in [-0.2, -0.15) is 0 Å². The van der Waals surface area contributed by atoms with Crippen LogP contribution in [0.5, 0.6) is 0 Å². The van der Waals surface area contributed by atoms with Crippen LogP contribution in [0.2, 0.25) is 0 Å². The van der Waals surface area contributed by atoms with Crippen LogP contribution >= 0.6 is 11.8 Å². The van der Waals surface area contributed by atoms with E-state index in [1.54, 1.807) is 18.9 Å². The van der Waals surface area contributed by atoms with Crippen LogP contribution in [0.25, 0.3) is 0 Å². The highest BCUT2D eigenvalue weighted by Crippen LogP contribution is 2.27. The van der Waals surface area contributed by atoms with Crippen molar-refractivity contribution in [2.75, 3.05) is 39.9 Å². The van der Waals surface area contributed by atoms with Crippen molar-refractivity contribution in [3.05, 3.63) is 60.2 Å². The highest BCUT2D eigenvalue weighted by molar-refractivity contribution is 7.99. The standard InChI is InChI=1S/C24H34N4OS/c1-3-25-24(27-21-13-15-28(16-14-21)17-18-29-2)26-19-20-9-11-23(12-10-20)30-22-7-5-4-6-8-22/h4-12,21H,3,13-19H2,1-2H3,(H2,25,26,27). The third-order valence-corrected chi connectivity index (χ3v) is 6.22. The van der Waals surface area contributed by atoms with Crippen LogP contribution in [0, 0.1) is 0 Å².